The second-order valence-electron chi connectivity index (χ2n) is 3.62. The summed E-state index contributed by atoms with van der Waals surface area (Å²) in [7, 11) is 0. The molecule has 0 saturated heterocycles. The van der Waals surface area contributed by atoms with Crippen molar-refractivity contribution in [1.82, 2.24) is 4.98 Å². The van der Waals surface area contributed by atoms with Crippen LogP contribution in [0.1, 0.15) is 10.4 Å². The fraction of sp³-hybridized carbons (Fsp3) is 0. The number of carboxylic acids is 1. The van der Waals surface area contributed by atoms with Crippen molar-refractivity contribution in [2.24, 2.45) is 0 Å². The fourth-order valence-electron chi connectivity index (χ4n) is 1.67. The largest absolute Gasteiger partial charge is 0.478 e. The molecule has 0 aliphatic heterocycles. The van der Waals surface area contributed by atoms with Gasteiger partial charge in [-0.05, 0) is 40.8 Å². The van der Waals surface area contributed by atoms with Gasteiger partial charge >= 0.3 is 5.97 Å². The number of aromatic nitrogens is 1. The summed E-state index contributed by atoms with van der Waals surface area (Å²) in [6.07, 6.45) is 0. The highest BCUT2D eigenvalue weighted by Crippen LogP contribution is 2.29. The highest BCUT2D eigenvalue weighted by molar-refractivity contribution is 14.1. The Morgan fingerprint density at radius 3 is 2.94 bits per heavy atom. The van der Waals surface area contributed by atoms with Crippen molar-refractivity contribution in [2.75, 3.05) is 0 Å². The molecule has 1 aromatic carbocycles. The van der Waals surface area contributed by atoms with E-state index in [2.05, 4.69) is 27.6 Å². The van der Waals surface area contributed by atoms with Gasteiger partial charge in [-0.15, -0.1) is 11.3 Å². The van der Waals surface area contributed by atoms with E-state index in [4.69, 9.17) is 9.52 Å². The number of benzene rings is 1. The van der Waals surface area contributed by atoms with Crippen LogP contribution in [0, 0.1) is 2.88 Å². The summed E-state index contributed by atoms with van der Waals surface area (Å²) >= 11 is 3.81. The molecular formula is C12H6INO3S. The lowest BCUT2D eigenvalue weighted by Gasteiger charge is -1.92. The van der Waals surface area contributed by atoms with Gasteiger partial charge in [-0.25, -0.2) is 9.78 Å². The van der Waals surface area contributed by atoms with Crippen LogP contribution in [-0.2, 0) is 0 Å². The molecule has 6 heteroatoms. The molecule has 0 unspecified atom stereocenters. The molecule has 3 aromatic rings. The minimum absolute atomic E-state index is 0.160. The summed E-state index contributed by atoms with van der Waals surface area (Å²) < 4.78 is 6.72. The standard InChI is InChI=1S/C12H6INO3S/c13-9-4-6(5-18-9)11-14-10-7(12(15)16)2-1-3-8(10)17-11/h1-5H,(H,15,16). The summed E-state index contributed by atoms with van der Waals surface area (Å²) in [4.78, 5) is 15.4. The van der Waals surface area contributed by atoms with Crippen molar-refractivity contribution < 1.29 is 14.3 Å². The number of halogens is 1. The van der Waals surface area contributed by atoms with Crippen molar-refractivity contribution in [3.05, 3.63) is 38.1 Å². The minimum atomic E-state index is -1.000. The summed E-state index contributed by atoms with van der Waals surface area (Å²) in [5.41, 5.74) is 1.91. The highest BCUT2D eigenvalue weighted by atomic mass is 127. The number of rotatable bonds is 2. The molecule has 0 aliphatic rings. The Morgan fingerprint density at radius 2 is 2.28 bits per heavy atom. The Bertz CT molecular complexity index is 747. The normalized spacial score (nSPS) is 10.9. The van der Waals surface area contributed by atoms with E-state index in [1.807, 2.05) is 11.4 Å². The van der Waals surface area contributed by atoms with Gasteiger partial charge in [0.1, 0.15) is 5.52 Å². The Hall–Kier alpha value is -1.41. The lowest BCUT2D eigenvalue weighted by Crippen LogP contribution is -1.96. The summed E-state index contributed by atoms with van der Waals surface area (Å²) in [5, 5.41) is 11.0. The molecule has 90 valence electrons. The van der Waals surface area contributed by atoms with Gasteiger partial charge in [-0.2, -0.15) is 0 Å². The first-order chi connectivity index (χ1) is 8.65. The van der Waals surface area contributed by atoms with E-state index >= 15 is 0 Å². The number of para-hydroxylation sites is 1. The molecule has 1 N–H and O–H groups in total. The Balaban J connectivity index is 2.22. The van der Waals surface area contributed by atoms with Crippen LogP contribution in [0.15, 0.2) is 34.1 Å². The van der Waals surface area contributed by atoms with Crippen LogP contribution in [0.3, 0.4) is 0 Å². The molecule has 0 aliphatic carbocycles. The number of aromatic carboxylic acids is 1. The van der Waals surface area contributed by atoms with E-state index in [1.54, 1.807) is 23.5 Å². The van der Waals surface area contributed by atoms with Gasteiger partial charge in [0.15, 0.2) is 5.58 Å². The quantitative estimate of drug-likeness (QED) is 0.695. The number of hydrogen-bond acceptors (Lipinski definition) is 4. The molecule has 2 heterocycles. The Morgan fingerprint density at radius 1 is 1.44 bits per heavy atom. The second kappa shape index (κ2) is 4.36. The lowest BCUT2D eigenvalue weighted by atomic mass is 10.2. The maximum atomic E-state index is 11.1. The minimum Gasteiger partial charge on any atom is -0.478 e. The van der Waals surface area contributed by atoms with Gasteiger partial charge in [0.25, 0.3) is 0 Å². The number of fused-ring (bicyclic) bond motifs is 1. The molecule has 0 saturated carbocycles. The van der Waals surface area contributed by atoms with Gasteiger partial charge in [0, 0.05) is 10.9 Å². The first-order valence-electron chi connectivity index (χ1n) is 5.02. The van der Waals surface area contributed by atoms with Crippen molar-refractivity contribution in [3.63, 3.8) is 0 Å². The summed E-state index contributed by atoms with van der Waals surface area (Å²) in [6.45, 7) is 0. The van der Waals surface area contributed by atoms with Crippen LogP contribution in [0.25, 0.3) is 22.6 Å². The van der Waals surface area contributed by atoms with Crippen molar-refractivity contribution >= 4 is 51.0 Å². The lowest BCUT2D eigenvalue weighted by molar-refractivity contribution is 0.0699. The molecule has 0 bridgehead atoms. The number of thiophene rings is 1. The van der Waals surface area contributed by atoms with E-state index in [0.717, 1.165) is 8.45 Å². The maximum Gasteiger partial charge on any atom is 0.338 e. The zero-order valence-corrected chi connectivity index (χ0v) is 11.9. The molecule has 0 spiro atoms. The third-order valence-electron chi connectivity index (χ3n) is 2.46. The molecule has 18 heavy (non-hydrogen) atoms. The van der Waals surface area contributed by atoms with Crippen molar-refractivity contribution in [3.8, 4) is 11.5 Å². The SMILES string of the molecule is O=C(O)c1cccc2oc(-c3csc(I)c3)nc12. The molecule has 3 rings (SSSR count). The number of oxazole rings is 1. The molecular weight excluding hydrogens is 365 g/mol. The zero-order valence-electron chi connectivity index (χ0n) is 8.88. The average molecular weight is 371 g/mol. The zero-order chi connectivity index (χ0) is 12.7. The van der Waals surface area contributed by atoms with Crippen molar-refractivity contribution in [2.45, 2.75) is 0 Å². The topological polar surface area (TPSA) is 63.3 Å². The summed E-state index contributed by atoms with van der Waals surface area (Å²) in [6, 6.07) is 6.85. The van der Waals surface area contributed by atoms with E-state index in [-0.39, 0.29) is 5.56 Å². The average Bonchev–Trinajstić information content (AvgIpc) is 2.93. The molecule has 2 aromatic heterocycles. The Kier molecular flexibility index (Phi) is 2.83. The van der Waals surface area contributed by atoms with Crippen LogP contribution in [0.4, 0.5) is 0 Å². The second-order valence-corrected chi connectivity index (χ2v) is 6.42. The Labute approximate surface area is 119 Å². The highest BCUT2D eigenvalue weighted by Gasteiger charge is 2.15. The van der Waals surface area contributed by atoms with Crippen LogP contribution in [0.2, 0.25) is 0 Å². The van der Waals surface area contributed by atoms with Crippen LogP contribution in [-0.4, -0.2) is 16.1 Å². The molecule has 4 nitrogen and oxygen atoms in total. The third-order valence-corrected chi connectivity index (χ3v) is 4.25. The van der Waals surface area contributed by atoms with E-state index < -0.39 is 5.97 Å². The van der Waals surface area contributed by atoms with Crippen molar-refractivity contribution in [1.29, 1.82) is 0 Å². The molecule has 0 amide bonds. The summed E-state index contributed by atoms with van der Waals surface area (Å²) in [5.74, 6) is -0.543. The number of carboxylic acid groups (broad SMARTS) is 1. The van der Waals surface area contributed by atoms with Crippen LogP contribution >= 0.6 is 33.9 Å². The number of carbonyl (C=O) groups is 1. The van der Waals surface area contributed by atoms with Gasteiger partial charge in [-0.1, -0.05) is 6.07 Å². The first-order valence-corrected chi connectivity index (χ1v) is 6.98. The molecule has 0 atom stereocenters. The molecule has 0 radical (unpaired) electrons. The maximum absolute atomic E-state index is 11.1. The van der Waals surface area contributed by atoms with Gasteiger partial charge in [-0.3, -0.25) is 0 Å². The van der Waals surface area contributed by atoms with Gasteiger partial charge in [0.2, 0.25) is 5.89 Å². The predicted octanol–water partition coefficient (Wildman–Crippen LogP) is 3.86. The smallest absolute Gasteiger partial charge is 0.338 e. The fourth-order valence-corrected chi connectivity index (χ4v) is 2.99. The predicted molar refractivity (Wildman–Crippen MR) is 77.0 cm³/mol. The van der Waals surface area contributed by atoms with Crippen LogP contribution in [0.5, 0.6) is 0 Å². The molecule has 0 fully saturated rings. The monoisotopic (exact) mass is 371 g/mol. The van der Waals surface area contributed by atoms with E-state index in [9.17, 15) is 4.79 Å². The van der Waals surface area contributed by atoms with Crippen LogP contribution < -0.4 is 0 Å². The van der Waals surface area contributed by atoms with E-state index in [1.165, 1.54) is 6.07 Å². The third kappa shape index (κ3) is 1.91. The number of nitrogens with zero attached hydrogens (tertiary/aromatic N) is 1. The number of hydrogen-bond donors (Lipinski definition) is 1. The van der Waals surface area contributed by atoms with Gasteiger partial charge < -0.3 is 9.52 Å². The van der Waals surface area contributed by atoms with E-state index in [0.29, 0.717) is 17.0 Å². The van der Waals surface area contributed by atoms with Gasteiger partial charge in [0.05, 0.1) is 8.45 Å². The first kappa shape index (κ1) is 11.7.